The molecule has 0 spiro atoms. The molecule has 0 saturated heterocycles. The van der Waals surface area contributed by atoms with Crippen molar-refractivity contribution in [2.75, 3.05) is 11.4 Å². The molecule has 6 nitrogen and oxygen atoms in total. The standard InChI is InChI=1S/C28H26N2O4S/c1-34-26-17-15-25(16-18-26)30(21-23-11-6-3-7-12-23)35(32,33)27-14-8-13-24(19-27)28(31)29-20-22-9-4-2-5-10-22/h2-19H,20-21H2,1H3,(H,29,31). The van der Waals surface area contributed by atoms with E-state index in [4.69, 9.17) is 4.74 Å². The number of rotatable bonds is 9. The SMILES string of the molecule is COc1ccc(N(Cc2ccccc2)S(=O)(=O)c2cccc(C(=O)NCc3ccccc3)c2)cc1. The summed E-state index contributed by atoms with van der Waals surface area (Å²) in [6.07, 6.45) is 0. The van der Waals surface area contributed by atoms with Crippen molar-refractivity contribution >= 4 is 21.6 Å². The molecule has 0 atom stereocenters. The van der Waals surface area contributed by atoms with Crippen molar-refractivity contribution in [2.24, 2.45) is 0 Å². The first-order valence-electron chi connectivity index (χ1n) is 11.1. The van der Waals surface area contributed by atoms with E-state index in [0.29, 0.717) is 18.0 Å². The van der Waals surface area contributed by atoms with Gasteiger partial charge in [0.1, 0.15) is 5.75 Å². The topological polar surface area (TPSA) is 75.7 Å². The van der Waals surface area contributed by atoms with Crippen molar-refractivity contribution in [2.45, 2.75) is 18.0 Å². The first kappa shape index (κ1) is 24.0. The molecule has 35 heavy (non-hydrogen) atoms. The summed E-state index contributed by atoms with van der Waals surface area (Å²) in [5, 5.41) is 2.85. The molecule has 4 rings (SSSR count). The zero-order chi connectivity index (χ0) is 24.7. The minimum Gasteiger partial charge on any atom is -0.497 e. The normalized spacial score (nSPS) is 11.0. The van der Waals surface area contributed by atoms with Crippen LogP contribution in [0.4, 0.5) is 5.69 Å². The van der Waals surface area contributed by atoms with Crippen LogP contribution in [0.25, 0.3) is 0 Å². The molecule has 4 aromatic carbocycles. The molecule has 0 heterocycles. The number of ether oxygens (including phenoxy) is 1. The fourth-order valence-corrected chi connectivity index (χ4v) is 5.12. The third-order valence-corrected chi connectivity index (χ3v) is 7.28. The van der Waals surface area contributed by atoms with Crippen LogP contribution in [0.2, 0.25) is 0 Å². The molecule has 7 heteroatoms. The van der Waals surface area contributed by atoms with Gasteiger partial charge in [-0.2, -0.15) is 0 Å². The van der Waals surface area contributed by atoms with Crippen molar-refractivity contribution < 1.29 is 17.9 Å². The quantitative estimate of drug-likeness (QED) is 0.360. The number of nitrogens with one attached hydrogen (secondary N) is 1. The van der Waals surface area contributed by atoms with Crippen molar-refractivity contribution in [1.82, 2.24) is 5.32 Å². The number of methoxy groups -OCH3 is 1. The largest absolute Gasteiger partial charge is 0.497 e. The first-order valence-corrected chi connectivity index (χ1v) is 12.5. The predicted octanol–water partition coefficient (Wildman–Crippen LogP) is 5.02. The number of sulfonamides is 1. The van der Waals surface area contributed by atoms with E-state index < -0.39 is 10.0 Å². The van der Waals surface area contributed by atoms with Crippen LogP contribution in [0.1, 0.15) is 21.5 Å². The number of hydrogen-bond acceptors (Lipinski definition) is 4. The van der Waals surface area contributed by atoms with Crippen molar-refractivity contribution in [3.63, 3.8) is 0 Å². The van der Waals surface area contributed by atoms with E-state index in [-0.39, 0.29) is 22.9 Å². The Labute approximate surface area is 205 Å². The van der Waals surface area contributed by atoms with Crippen LogP contribution in [-0.4, -0.2) is 21.4 Å². The summed E-state index contributed by atoms with van der Waals surface area (Å²) in [7, 11) is -2.43. The highest BCUT2D eigenvalue weighted by Crippen LogP contribution is 2.28. The van der Waals surface area contributed by atoms with E-state index in [9.17, 15) is 13.2 Å². The number of carbonyl (C=O) groups excluding carboxylic acids is 1. The summed E-state index contributed by atoms with van der Waals surface area (Å²) in [5.41, 5.74) is 2.56. The van der Waals surface area contributed by atoms with E-state index >= 15 is 0 Å². The lowest BCUT2D eigenvalue weighted by molar-refractivity contribution is 0.0950. The van der Waals surface area contributed by atoms with Crippen LogP contribution >= 0.6 is 0 Å². The molecule has 1 N–H and O–H groups in total. The van der Waals surface area contributed by atoms with Crippen molar-refractivity contribution in [3.05, 3.63) is 126 Å². The summed E-state index contributed by atoms with van der Waals surface area (Å²) < 4.78 is 34.2. The van der Waals surface area contributed by atoms with Gasteiger partial charge in [0.15, 0.2) is 0 Å². The molecular formula is C28H26N2O4S. The maximum atomic E-state index is 13.8. The summed E-state index contributed by atoms with van der Waals surface area (Å²) >= 11 is 0. The zero-order valence-corrected chi connectivity index (χ0v) is 20.1. The molecular weight excluding hydrogens is 460 g/mol. The van der Waals surface area contributed by atoms with Crippen LogP contribution in [0.5, 0.6) is 5.75 Å². The van der Waals surface area contributed by atoms with Gasteiger partial charge in [-0.1, -0.05) is 66.7 Å². The molecule has 0 aliphatic heterocycles. The van der Waals surface area contributed by atoms with Crippen LogP contribution in [0, 0.1) is 0 Å². The maximum absolute atomic E-state index is 13.8. The Balaban J connectivity index is 1.63. The van der Waals surface area contributed by atoms with Crippen LogP contribution < -0.4 is 14.4 Å². The van der Waals surface area contributed by atoms with Gasteiger partial charge in [0, 0.05) is 12.1 Å². The maximum Gasteiger partial charge on any atom is 0.264 e. The molecule has 0 aliphatic carbocycles. The van der Waals surface area contributed by atoms with Gasteiger partial charge in [-0.3, -0.25) is 9.10 Å². The van der Waals surface area contributed by atoms with E-state index in [1.807, 2.05) is 60.7 Å². The molecule has 0 radical (unpaired) electrons. The Morgan fingerprint density at radius 1 is 0.800 bits per heavy atom. The van der Waals surface area contributed by atoms with Crippen molar-refractivity contribution in [1.29, 1.82) is 0 Å². The van der Waals surface area contributed by atoms with Gasteiger partial charge < -0.3 is 10.1 Å². The minimum atomic E-state index is -3.98. The summed E-state index contributed by atoms with van der Waals surface area (Å²) in [4.78, 5) is 12.8. The van der Waals surface area contributed by atoms with E-state index in [1.54, 1.807) is 43.5 Å². The van der Waals surface area contributed by atoms with Crippen LogP contribution in [-0.2, 0) is 23.1 Å². The van der Waals surface area contributed by atoms with Gasteiger partial charge in [0.25, 0.3) is 15.9 Å². The first-order chi connectivity index (χ1) is 17.0. The third kappa shape index (κ3) is 5.88. The molecule has 0 fully saturated rings. The van der Waals surface area contributed by atoms with Crippen LogP contribution in [0.3, 0.4) is 0 Å². The number of carbonyl (C=O) groups is 1. The Morgan fingerprint density at radius 3 is 2.06 bits per heavy atom. The second-order valence-electron chi connectivity index (χ2n) is 7.89. The molecule has 0 saturated carbocycles. The highest BCUT2D eigenvalue weighted by atomic mass is 32.2. The highest BCUT2D eigenvalue weighted by Gasteiger charge is 2.26. The van der Waals surface area contributed by atoms with Crippen LogP contribution in [0.15, 0.2) is 114 Å². The van der Waals surface area contributed by atoms with Gasteiger partial charge in [-0.05, 0) is 53.6 Å². The van der Waals surface area contributed by atoms with E-state index in [1.165, 1.54) is 16.4 Å². The number of nitrogens with zero attached hydrogens (tertiary/aromatic N) is 1. The summed E-state index contributed by atoms with van der Waals surface area (Å²) in [6, 6.07) is 31.8. The highest BCUT2D eigenvalue weighted by molar-refractivity contribution is 7.92. The lowest BCUT2D eigenvalue weighted by Crippen LogP contribution is -2.31. The fourth-order valence-electron chi connectivity index (χ4n) is 3.62. The fraction of sp³-hybridized carbons (Fsp3) is 0.107. The monoisotopic (exact) mass is 486 g/mol. The molecule has 4 aromatic rings. The average molecular weight is 487 g/mol. The van der Waals surface area contributed by atoms with E-state index in [2.05, 4.69) is 5.32 Å². The smallest absolute Gasteiger partial charge is 0.264 e. The van der Waals surface area contributed by atoms with Gasteiger partial charge in [0.2, 0.25) is 0 Å². The molecule has 0 unspecified atom stereocenters. The number of hydrogen-bond donors (Lipinski definition) is 1. The predicted molar refractivity (Wildman–Crippen MR) is 137 cm³/mol. The lowest BCUT2D eigenvalue weighted by Gasteiger charge is -2.25. The summed E-state index contributed by atoms with van der Waals surface area (Å²) in [6.45, 7) is 0.489. The van der Waals surface area contributed by atoms with Gasteiger partial charge in [-0.25, -0.2) is 8.42 Å². The Bertz CT molecular complexity index is 1370. The zero-order valence-electron chi connectivity index (χ0n) is 19.3. The molecule has 1 amide bonds. The van der Waals surface area contributed by atoms with Gasteiger partial charge in [-0.15, -0.1) is 0 Å². The van der Waals surface area contributed by atoms with Gasteiger partial charge >= 0.3 is 0 Å². The third-order valence-electron chi connectivity index (χ3n) is 5.51. The molecule has 178 valence electrons. The number of benzene rings is 4. The molecule has 0 bridgehead atoms. The lowest BCUT2D eigenvalue weighted by atomic mass is 10.2. The molecule has 0 aliphatic rings. The minimum absolute atomic E-state index is 0.0385. The Morgan fingerprint density at radius 2 is 1.43 bits per heavy atom. The molecule has 0 aromatic heterocycles. The second-order valence-corrected chi connectivity index (χ2v) is 9.75. The second kappa shape index (κ2) is 10.9. The summed E-state index contributed by atoms with van der Waals surface area (Å²) in [5.74, 6) is 0.285. The van der Waals surface area contributed by atoms with Gasteiger partial charge in [0.05, 0.1) is 24.2 Å². The average Bonchev–Trinajstić information content (AvgIpc) is 2.91. The van der Waals surface area contributed by atoms with Crippen molar-refractivity contribution in [3.8, 4) is 5.75 Å². The Hall–Kier alpha value is -4.10. The number of amides is 1. The van der Waals surface area contributed by atoms with E-state index in [0.717, 1.165) is 11.1 Å². The Kier molecular flexibility index (Phi) is 7.48. The number of anilines is 1.